The van der Waals surface area contributed by atoms with Crippen molar-refractivity contribution in [2.45, 2.75) is 19.8 Å². The largest absolute Gasteiger partial charge is 0.308 e. The summed E-state index contributed by atoms with van der Waals surface area (Å²) < 4.78 is 0. The summed E-state index contributed by atoms with van der Waals surface area (Å²) in [5.41, 5.74) is 0. The molecule has 0 spiro atoms. The first kappa shape index (κ1) is 10.4. The van der Waals surface area contributed by atoms with E-state index in [1.54, 1.807) is 0 Å². The van der Waals surface area contributed by atoms with E-state index in [0.717, 1.165) is 0 Å². The van der Waals surface area contributed by atoms with Gasteiger partial charge in [0.05, 0.1) is 5.92 Å². The summed E-state index contributed by atoms with van der Waals surface area (Å²) >= 11 is 0. The number of carbonyl (C=O) groups is 2. The van der Waals surface area contributed by atoms with Crippen LogP contribution in [0.1, 0.15) is 19.8 Å². The van der Waals surface area contributed by atoms with Crippen molar-refractivity contribution in [2.75, 3.05) is 20.6 Å². The number of ketones is 2. The molecule has 0 atom stereocenters. The van der Waals surface area contributed by atoms with Crippen molar-refractivity contribution in [1.82, 2.24) is 4.90 Å². The van der Waals surface area contributed by atoms with Crippen LogP contribution < -0.4 is 0 Å². The van der Waals surface area contributed by atoms with Crippen molar-refractivity contribution in [2.24, 2.45) is 11.8 Å². The number of hydrogen-bond donors (Lipinski definition) is 0. The van der Waals surface area contributed by atoms with E-state index in [1.807, 2.05) is 25.9 Å². The van der Waals surface area contributed by atoms with Crippen molar-refractivity contribution >= 4 is 11.6 Å². The molecular formula is C10H17NO2. The fourth-order valence-corrected chi connectivity index (χ4v) is 1.79. The van der Waals surface area contributed by atoms with E-state index in [4.69, 9.17) is 0 Å². The Kier molecular flexibility index (Phi) is 3.20. The van der Waals surface area contributed by atoms with Crippen molar-refractivity contribution < 1.29 is 9.59 Å². The van der Waals surface area contributed by atoms with E-state index in [0.29, 0.717) is 19.4 Å². The maximum Gasteiger partial charge on any atom is 0.144 e. The predicted molar refractivity (Wildman–Crippen MR) is 50.5 cm³/mol. The molecule has 3 heteroatoms. The fourth-order valence-electron chi connectivity index (χ4n) is 1.79. The zero-order valence-corrected chi connectivity index (χ0v) is 8.54. The normalized spacial score (nSPS) is 29.8. The average Bonchev–Trinajstić information content (AvgIpc) is 1.96. The highest BCUT2D eigenvalue weighted by Crippen LogP contribution is 2.22. The van der Waals surface area contributed by atoms with Gasteiger partial charge < -0.3 is 4.90 Å². The third kappa shape index (κ3) is 2.62. The zero-order chi connectivity index (χ0) is 10.0. The molecule has 0 aliphatic heterocycles. The molecule has 74 valence electrons. The number of rotatable bonds is 2. The van der Waals surface area contributed by atoms with Crippen molar-refractivity contribution in [3.05, 3.63) is 0 Å². The summed E-state index contributed by atoms with van der Waals surface area (Å²) in [7, 11) is 3.77. The topological polar surface area (TPSA) is 37.4 Å². The van der Waals surface area contributed by atoms with Crippen LogP contribution in [0.15, 0.2) is 0 Å². The first-order valence-corrected chi connectivity index (χ1v) is 4.71. The maximum atomic E-state index is 11.5. The Morgan fingerprint density at radius 1 is 1.23 bits per heavy atom. The SMILES string of the molecule is CC1CC(=O)C(CN(C)C)C(=O)C1. The Hall–Kier alpha value is -0.700. The van der Waals surface area contributed by atoms with E-state index in [-0.39, 0.29) is 23.4 Å². The quantitative estimate of drug-likeness (QED) is 0.592. The van der Waals surface area contributed by atoms with Gasteiger partial charge in [0.25, 0.3) is 0 Å². The second kappa shape index (κ2) is 4.01. The van der Waals surface area contributed by atoms with Crippen molar-refractivity contribution in [1.29, 1.82) is 0 Å². The molecule has 0 aromatic rings. The van der Waals surface area contributed by atoms with E-state index >= 15 is 0 Å². The second-order valence-electron chi connectivity index (χ2n) is 4.26. The van der Waals surface area contributed by atoms with E-state index in [2.05, 4.69) is 0 Å². The molecule has 0 aromatic carbocycles. The highest BCUT2D eigenvalue weighted by molar-refractivity contribution is 6.04. The van der Waals surface area contributed by atoms with Gasteiger partial charge in [-0.15, -0.1) is 0 Å². The van der Waals surface area contributed by atoms with Crippen LogP contribution in [-0.2, 0) is 9.59 Å². The van der Waals surface area contributed by atoms with Crippen LogP contribution in [-0.4, -0.2) is 37.1 Å². The Balaban J connectivity index is 2.62. The lowest BCUT2D eigenvalue weighted by Crippen LogP contribution is -2.39. The molecule has 3 nitrogen and oxygen atoms in total. The van der Waals surface area contributed by atoms with Crippen LogP contribution in [0.5, 0.6) is 0 Å². The van der Waals surface area contributed by atoms with Gasteiger partial charge in [0.1, 0.15) is 11.6 Å². The third-order valence-corrected chi connectivity index (χ3v) is 2.42. The fraction of sp³-hybridized carbons (Fsp3) is 0.800. The van der Waals surface area contributed by atoms with Gasteiger partial charge in [-0.1, -0.05) is 6.92 Å². The Morgan fingerprint density at radius 3 is 2.08 bits per heavy atom. The summed E-state index contributed by atoms with van der Waals surface area (Å²) in [6, 6.07) is 0. The maximum absolute atomic E-state index is 11.5. The lowest BCUT2D eigenvalue weighted by Gasteiger charge is -2.25. The molecule has 0 aromatic heterocycles. The molecule has 0 amide bonds. The van der Waals surface area contributed by atoms with Gasteiger partial charge in [-0.25, -0.2) is 0 Å². The van der Waals surface area contributed by atoms with Gasteiger partial charge in [-0.3, -0.25) is 9.59 Å². The monoisotopic (exact) mass is 183 g/mol. The van der Waals surface area contributed by atoms with Crippen LogP contribution in [0, 0.1) is 11.8 Å². The lowest BCUT2D eigenvalue weighted by atomic mass is 9.81. The van der Waals surface area contributed by atoms with E-state index in [1.165, 1.54) is 0 Å². The molecule has 0 bridgehead atoms. The second-order valence-corrected chi connectivity index (χ2v) is 4.26. The summed E-state index contributed by atoms with van der Waals surface area (Å²) in [6.07, 6.45) is 1.15. The van der Waals surface area contributed by atoms with Crippen LogP contribution in [0.3, 0.4) is 0 Å². The molecule has 0 radical (unpaired) electrons. The minimum atomic E-state index is -0.355. The molecule has 0 N–H and O–H groups in total. The summed E-state index contributed by atoms with van der Waals surface area (Å²) in [4.78, 5) is 24.9. The molecule has 0 heterocycles. The van der Waals surface area contributed by atoms with Crippen LogP contribution in [0.4, 0.5) is 0 Å². The van der Waals surface area contributed by atoms with Crippen LogP contribution in [0.2, 0.25) is 0 Å². The number of Topliss-reactive ketones (excluding diaryl/α,β-unsaturated/α-hetero) is 2. The van der Waals surface area contributed by atoms with Crippen molar-refractivity contribution in [3.63, 3.8) is 0 Å². The molecule has 1 rings (SSSR count). The van der Waals surface area contributed by atoms with Gasteiger partial charge >= 0.3 is 0 Å². The van der Waals surface area contributed by atoms with Crippen molar-refractivity contribution in [3.8, 4) is 0 Å². The van der Waals surface area contributed by atoms with Gasteiger partial charge in [0, 0.05) is 19.4 Å². The Bertz CT molecular complexity index is 205. The number of nitrogens with zero attached hydrogens (tertiary/aromatic N) is 1. The first-order chi connectivity index (χ1) is 6.00. The summed E-state index contributed by atoms with van der Waals surface area (Å²) in [5.74, 6) is 0.138. The molecule has 13 heavy (non-hydrogen) atoms. The van der Waals surface area contributed by atoms with Crippen LogP contribution >= 0.6 is 0 Å². The zero-order valence-electron chi connectivity index (χ0n) is 8.54. The smallest absolute Gasteiger partial charge is 0.144 e. The van der Waals surface area contributed by atoms with E-state index in [9.17, 15) is 9.59 Å². The predicted octanol–water partition coefficient (Wildman–Crippen LogP) is 0.732. The van der Waals surface area contributed by atoms with Gasteiger partial charge in [-0.05, 0) is 20.0 Å². The summed E-state index contributed by atoms with van der Waals surface area (Å²) in [6.45, 7) is 2.53. The molecule has 1 aliphatic carbocycles. The summed E-state index contributed by atoms with van der Waals surface area (Å²) in [5, 5.41) is 0. The number of carbonyl (C=O) groups excluding carboxylic acids is 2. The highest BCUT2D eigenvalue weighted by Gasteiger charge is 2.33. The van der Waals surface area contributed by atoms with Gasteiger partial charge in [0.2, 0.25) is 0 Å². The van der Waals surface area contributed by atoms with Gasteiger partial charge in [0.15, 0.2) is 0 Å². The van der Waals surface area contributed by atoms with Gasteiger partial charge in [-0.2, -0.15) is 0 Å². The first-order valence-electron chi connectivity index (χ1n) is 4.71. The molecule has 1 fully saturated rings. The Morgan fingerprint density at radius 2 is 1.69 bits per heavy atom. The molecular weight excluding hydrogens is 166 g/mol. The third-order valence-electron chi connectivity index (χ3n) is 2.42. The van der Waals surface area contributed by atoms with Crippen LogP contribution in [0.25, 0.3) is 0 Å². The minimum Gasteiger partial charge on any atom is -0.308 e. The average molecular weight is 183 g/mol. The highest BCUT2D eigenvalue weighted by atomic mass is 16.2. The molecule has 1 saturated carbocycles. The Labute approximate surface area is 79.1 Å². The lowest BCUT2D eigenvalue weighted by molar-refractivity contribution is -0.137. The minimum absolute atomic E-state index is 0.123. The van der Waals surface area contributed by atoms with E-state index < -0.39 is 0 Å². The molecule has 0 saturated heterocycles. The standard InChI is InChI=1S/C10H17NO2/c1-7-4-9(12)8(6-11(2)3)10(13)5-7/h7-8H,4-6H2,1-3H3. The molecule has 1 aliphatic rings. The number of hydrogen-bond acceptors (Lipinski definition) is 3. The molecule has 0 unspecified atom stereocenters.